The van der Waals surface area contributed by atoms with Gasteiger partial charge in [0.25, 0.3) is 0 Å². The van der Waals surface area contributed by atoms with E-state index in [0.717, 1.165) is 19.3 Å². The molecule has 2 atom stereocenters. The van der Waals surface area contributed by atoms with Crippen LogP contribution >= 0.6 is 0 Å². The molecule has 0 spiro atoms. The highest BCUT2D eigenvalue weighted by Gasteiger charge is 2.35. The molecule has 2 aromatic rings. The number of Topliss-reactive ketones (excluding diaryl/α,β-unsaturated/α-hetero) is 1. The number of carbonyl (C=O) groups is 2. The molecule has 8 heteroatoms. The molecule has 0 radical (unpaired) electrons. The molecular weight excluding hydrogens is 419 g/mol. The molecule has 0 unspecified atom stereocenters. The Morgan fingerprint density at radius 3 is 2.13 bits per heavy atom. The molecular formula is C23H27FN2O4S. The van der Waals surface area contributed by atoms with Gasteiger partial charge in [-0.1, -0.05) is 6.42 Å². The van der Waals surface area contributed by atoms with Crippen LogP contribution in [0.5, 0.6) is 0 Å². The van der Waals surface area contributed by atoms with Crippen molar-refractivity contribution in [3.8, 4) is 0 Å². The fourth-order valence-electron chi connectivity index (χ4n) is 3.93. The summed E-state index contributed by atoms with van der Waals surface area (Å²) in [4.78, 5) is 24.5. The quantitative estimate of drug-likeness (QED) is 0.640. The molecule has 1 saturated heterocycles. The van der Waals surface area contributed by atoms with Gasteiger partial charge in [-0.25, -0.2) is 12.8 Å². The fourth-order valence-corrected chi connectivity index (χ4v) is 5.82. The van der Waals surface area contributed by atoms with Gasteiger partial charge in [-0.15, -0.1) is 0 Å². The van der Waals surface area contributed by atoms with Crippen LogP contribution in [0.15, 0.2) is 53.4 Å². The number of benzene rings is 2. The number of ketones is 1. The van der Waals surface area contributed by atoms with Crippen molar-refractivity contribution >= 4 is 27.4 Å². The van der Waals surface area contributed by atoms with Gasteiger partial charge in [-0.2, -0.15) is 4.31 Å². The molecule has 1 amide bonds. The molecule has 6 nitrogen and oxygen atoms in total. The first kappa shape index (κ1) is 23.1. The monoisotopic (exact) mass is 446 g/mol. The van der Waals surface area contributed by atoms with E-state index in [1.807, 2.05) is 13.8 Å². The summed E-state index contributed by atoms with van der Waals surface area (Å²) in [6, 6.07) is 11.2. The standard InChI is InChI=1S/C23H27FN2O4S/c1-16-4-3-5-17(2)26(16)31(29,30)21-12-10-20(11-13-21)25-23(28)15-14-22(27)18-6-8-19(24)9-7-18/h6-13,16-17H,3-5,14-15H2,1-2H3,(H,25,28)/t16-,17+. The van der Waals surface area contributed by atoms with Crippen molar-refractivity contribution in [1.82, 2.24) is 4.31 Å². The van der Waals surface area contributed by atoms with Gasteiger partial charge in [-0.05, 0) is 75.2 Å². The van der Waals surface area contributed by atoms with Crippen molar-refractivity contribution in [1.29, 1.82) is 0 Å². The molecule has 1 aliphatic rings. The maximum absolute atomic E-state index is 13.1. The average Bonchev–Trinajstić information content (AvgIpc) is 2.72. The number of rotatable bonds is 7. The van der Waals surface area contributed by atoms with Crippen LogP contribution in [0.3, 0.4) is 0 Å². The smallest absolute Gasteiger partial charge is 0.243 e. The van der Waals surface area contributed by atoms with Crippen molar-refractivity contribution in [3.05, 3.63) is 59.9 Å². The number of piperidine rings is 1. The summed E-state index contributed by atoms with van der Waals surface area (Å²) in [5.41, 5.74) is 0.808. The van der Waals surface area contributed by atoms with Crippen LogP contribution in [0.1, 0.15) is 56.3 Å². The molecule has 166 valence electrons. The number of amides is 1. The highest BCUT2D eigenvalue weighted by Crippen LogP contribution is 2.30. The van der Waals surface area contributed by atoms with Crippen LogP contribution in [0, 0.1) is 5.82 Å². The maximum Gasteiger partial charge on any atom is 0.243 e. The van der Waals surface area contributed by atoms with Gasteiger partial charge < -0.3 is 5.32 Å². The lowest BCUT2D eigenvalue weighted by Gasteiger charge is -2.37. The van der Waals surface area contributed by atoms with Gasteiger partial charge in [0, 0.05) is 36.2 Å². The van der Waals surface area contributed by atoms with Crippen molar-refractivity contribution in [2.24, 2.45) is 0 Å². The van der Waals surface area contributed by atoms with Gasteiger partial charge in [0.1, 0.15) is 5.82 Å². The summed E-state index contributed by atoms with van der Waals surface area (Å²) >= 11 is 0. The van der Waals surface area contributed by atoms with E-state index >= 15 is 0 Å². The minimum absolute atomic E-state index is 0.00529. The predicted octanol–water partition coefficient (Wildman–Crippen LogP) is 4.38. The molecule has 1 heterocycles. The number of hydrogen-bond donors (Lipinski definition) is 1. The molecule has 1 N–H and O–H groups in total. The van der Waals surface area contributed by atoms with E-state index < -0.39 is 15.8 Å². The minimum Gasteiger partial charge on any atom is -0.326 e. The number of hydrogen-bond acceptors (Lipinski definition) is 4. The van der Waals surface area contributed by atoms with Gasteiger partial charge in [0.15, 0.2) is 5.78 Å². The molecule has 0 bridgehead atoms. The molecule has 0 saturated carbocycles. The van der Waals surface area contributed by atoms with Gasteiger partial charge in [0.2, 0.25) is 15.9 Å². The zero-order valence-electron chi connectivity index (χ0n) is 17.7. The van der Waals surface area contributed by atoms with E-state index in [2.05, 4.69) is 5.32 Å². The van der Waals surface area contributed by atoms with Crippen LogP contribution in [0.2, 0.25) is 0 Å². The summed E-state index contributed by atoms with van der Waals surface area (Å²) in [6.07, 6.45) is 2.67. The molecule has 1 aliphatic heterocycles. The van der Waals surface area contributed by atoms with Gasteiger partial charge >= 0.3 is 0 Å². The Morgan fingerprint density at radius 2 is 1.55 bits per heavy atom. The second-order valence-corrected chi connectivity index (χ2v) is 9.81. The number of halogens is 1. The Morgan fingerprint density at radius 1 is 0.968 bits per heavy atom. The lowest BCUT2D eigenvalue weighted by Crippen LogP contribution is -2.47. The lowest BCUT2D eigenvalue weighted by atomic mass is 10.0. The molecule has 1 fully saturated rings. The van der Waals surface area contributed by atoms with E-state index in [1.54, 1.807) is 16.4 Å². The van der Waals surface area contributed by atoms with E-state index in [4.69, 9.17) is 0 Å². The zero-order valence-corrected chi connectivity index (χ0v) is 18.5. The molecule has 0 aromatic heterocycles. The van der Waals surface area contributed by atoms with E-state index in [0.29, 0.717) is 11.3 Å². The summed E-state index contributed by atoms with van der Waals surface area (Å²) in [7, 11) is -3.61. The maximum atomic E-state index is 13.1. The number of nitrogens with zero attached hydrogens (tertiary/aromatic N) is 1. The zero-order chi connectivity index (χ0) is 22.6. The van der Waals surface area contributed by atoms with E-state index in [1.165, 1.54) is 36.4 Å². The average molecular weight is 447 g/mol. The topological polar surface area (TPSA) is 83.6 Å². The van der Waals surface area contributed by atoms with Crippen molar-refractivity contribution in [3.63, 3.8) is 0 Å². The third kappa shape index (κ3) is 5.57. The van der Waals surface area contributed by atoms with Crippen molar-refractivity contribution < 1.29 is 22.4 Å². The third-order valence-corrected chi connectivity index (χ3v) is 7.71. The summed E-state index contributed by atoms with van der Waals surface area (Å²) < 4.78 is 40.6. The molecule has 0 aliphatic carbocycles. The fraction of sp³-hybridized carbons (Fsp3) is 0.391. The Bertz CT molecular complexity index is 1030. The van der Waals surface area contributed by atoms with Crippen LogP contribution in [0.4, 0.5) is 10.1 Å². The Labute approximate surface area is 182 Å². The molecule has 2 aromatic carbocycles. The Kier molecular flexibility index (Phi) is 7.23. The normalized spacial score (nSPS) is 19.7. The van der Waals surface area contributed by atoms with Crippen LogP contribution in [-0.2, 0) is 14.8 Å². The van der Waals surface area contributed by atoms with Crippen molar-refractivity contribution in [2.45, 2.75) is 62.9 Å². The lowest BCUT2D eigenvalue weighted by molar-refractivity contribution is -0.116. The Hall–Kier alpha value is -2.58. The minimum atomic E-state index is -3.61. The summed E-state index contributed by atoms with van der Waals surface area (Å²) in [6.45, 7) is 3.85. The number of nitrogens with one attached hydrogen (secondary N) is 1. The summed E-state index contributed by atoms with van der Waals surface area (Å²) in [5.74, 6) is -1.03. The number of anilines is 1. The number of sulfonamides is 1. The van der Waals surface area contributed by atoms with E-state index in [9.17, 15) is 22.4 Å². The first-order valence-corrected chi connectivity index (χ1v) is 11.8. The van der Waals surface area contributed by atoms with Crippen LogP contribution < -0.4 is 5.32 Å². The summed E-state index contributed by atoms with van der Waals surface area (Å²) in [5, 5.41) is 2.67. The second-order valence-electron chi connectivity index (χ2n) is 7.97. The SMILES string of the molecule is C[C@@H]1CCC[C@H](C)N1S(=O)(=O)c1ccc(NC(=O)CCC(=O)c2ccc(F)cc2)cc1. The highest BCUT2D eigenvalue weighted by atomic mass is 32.2. The number of carbonyl (C=O) groups excluding carboxylic acids is 2. The highest BCUT2D eigenvalue weighted by molar-refractivity contribution is 7.89. The molecule has 3 rings (SSSR count). The molecule has 31 heavy (non-hydrogen) atoms. The van der Waals surface area contributed by atoms with E-state index in [-0.39, 0.29) is 41.5 Å². The van der Waals surface area contributed by atoms with Crippen LogP contribution in [0.25, 0.3) is 0 Å². The first-order chi connectivity index (χ1) is 14.7. The largest absolute Gasteiger partial charge is 0.326 e. The second kappa shape index (κ2) is 9.70. The van der Waals surface area contributed by atoms with Gasteiger partial charge in [-0.3, -0.25) is 9.59 Å². The predicted molar refractivity (Wildman–Crippen MR) is 117 cm³/mol. The van der Waals surface area contributed by atoms with Crippen LogP contribution in [-0.4, -0.2) is 36.5 Å². The first-order valence-electron chi connectivity index (χ1n) is 10.4. The van der Waals surface area contributed by atoms with Crippen molar-refractivity contribution in [2.75, 3.05) is 5.32 Å². The Balaban J connectivity index is 1.59. The van der Waals surface area contributed by atoms with Gasteiger partial charge in [0.05, 0.1) is 4.90 Å². The third-order valence-electron chi connectivity index (χ3n) is 5.57.